The third-order valence-corrected chi connectivity index (χ3v) is 3.36. The van der Waals surface area contributed by atoms with Crippen molar-refractivity contribution in [2.24, 2.45) is 5.92 Å². The first-order chi connectivity index (χ1) is 9.28. The molecule has 1 aliphatic rings. The van der Waals surface area contributed by atoms with Crippen LogP contribution in [0.15, 0.2) is 12.4 Å². The second-order valence-electron chi connectivity index (χ2n) is 4.62. The third-order valence-electron chi connectivity index (χ3n) is 3.36. The van der Waals surface area contributed by atoms with Crippen molar-refractivity contribution in [2.75, 3.05) is 19.6 Å². The first-order valence-corrected chi connectivity index (χ1v) is 7.99. The van der Waals surface area contributed by atoms with Crippen molar-refractivity contribution < 1.29 is 0 Å². The molecule has 1 saturated heterocycles. The number of piperidine rings is 1. The van der Waals surface area contributed by atoms with Crippen molar-refractivity contribution in [1.82, 2.24) is 14.7 Å². The maximum absolute atomic E-state index is 4.35. The Morgan fingerprint density at radius 1 is 1.16 bits per heavy atom. The summed E-state index contributed by atoms with van der Waals surface area (Å²) < 4.78 is 2.10. The Labute approximate surface area is 120 Å². The molecule has 1 aliphatic heterocycles. The molecule has 0 bridgehead atoms. The molecular formula is C16H33N3. The number of aryl methyl sites for hydroxylation is 1. The monoisotopic (exact) mass is 267 g/mol. The van der Waals surface area contributed by atoms with E-state index in [1.165, 1.54) is 38.0 Å². The maximum atomic E-state index is 4.35. The number of hydrogen-bond donors (Lipinski definition) is 0. The fourth-order valence-electron chi connectivity index (χ4n) is 2.32. The lowest BCUT2D eigenvalue weighted by Gasteiger charge is -2.30. The first kappa shape index (κ1) is 18.2. The number of aromatic nitrogens is 2. The molecule has 3 nitrogen and oxygen atoms in total. The van der Waals surface area contributed by atoms with Gasteiger partial charge in [0.25, 0.3) is 0 Å². The van der Waals surface area contributed by atoms with E-state index in [4.69, 9.17) is 0 Å². The van der Waals surface area contributed by atoms with E-state index in [2.05, 4.69) is 34.7 Å². The molecule has 0 aromatic carbocycles. The molecule has 112 valence electrons. The van der Waals surface area contributed by atoms with Crippen LogP contribution in [0.1, 0.15) is 53.0 Å². The summed E-state index contributed by atoms with van der Waals surface area (Å²) in [6.07, 6.45) is 6.74. The number of hydrogen-bond acceptors (Lipinski definition) is 2. The quantitative estimate of drug-likeness (QED) is 0.826. The van der Waals surface area contributed by atoms with E-state index in [1.807, 2.05) is 33.9 Å². The van der Waals surface area contributed by atoms with Crippen molar-refractivity contribution in [2.45, 2.75) is 60.9 Å². The highest BCUT2D eigenvalue weighted by atomic mass is 15.3. The Morgan fingerprint density at radius 3 is 2.16 bits per heavy atom. The van der Waals surface area contributed by atoms with Crippen molar-refractivity contribution in [3.63, 3.8) is 0 Å². The van der Waals surface area contributed by atoms with Crippen LogP contribution < -0.4 is 0 Å². The number of nitrogens with zero attached hydrogens (tertiary/aromatic N) is 3. The molecule has 3 heteroatoms. The minimum atomic E-state index is 0.826. The molecule has 0 unspecified atom stereocenters. The molecule has 19 heavy (non-hydrogen) atoms. The van der Waals surface area contributed by atoms with Gasteiger partial charge in [-0.05, 0) is 50.9 Å². The molecule has 1 aromatic heterocycles. The van der Waals surface area contributed by atoms with E-state index in [0.29, 0.717) is 0 Å². The van der Waals surface area contributed by atoms with Crippen LogP contribution in [0.25, 0.3) is 0 Å². The van der Waals surface area contributed by atoms with Crippen LogP contribution in [0, 0.1) is 12.8 Å². The van der Waals surface area contributed by atoms with Gasteiger partial charge in [0.2, 0.25) is 0 Å². The number of rotatable bonds is 3. The Morgan fingerprint density at radius 2 is 1.74 bits per heavy atom. The third kappa shape index (κ3) is 6.76. The maximum Gasteiger partial charge on any atom is 0.0518 e. The van der Waals surface area contributed by atoms with Gasteiger partial charge in [-0.1, -0.05) is 34.6 Å². The summed E-state index contributed by atoms with van der Waals surface area (Å²) in [4.78, 5) is 2.53. The lowest BCUT2D eigenvalue weighted by molar-refractivity contribution is 0.178. The molecule has 2 heterocycles. The number of likely N-dealkylation sites (tertiary alicyclic amines) is 1. The van der Waals surface area contributed by atoms with Gasteiger partial charge >= 0.3 is 0 Å². The largest absolute Gasteiger partial charge is 0.304 e. The summed E-state index contributed by atoms with van der Waals surface area (Å²) >= 11 is 0. The molecule has 1 aromatic rings. The molecule has 0 aliphatic carbocycles. The SMILES string of the molecule is CC.CC.CCN1CCC(Cn2cc(C)cn2)CC1. The topological polar surface area (TPSA) is 21.1 Å². The van der Waals surface area contributed by atoms with Crippen LogP contribution in [0.2, 0.25) is 0 Å². The highest BCUT2D eigenvalue weighted by molar-refractivity contribution is 4.99. The lowest BCUT2D eigenvalue weighted by atomic mass is 9.97. The molecular weight excluding hydrogens is 234 g/mol. The van der Waals surface area contributed by atoms with Gasteiger partial charge in [-0.2, -0.15) is 5.10 Å². The van der Waals surface area contributed by atoms with Crippen molar-refractivity contribution in [3.05, 3.63) is 18.0 Å². The average molecular weight is 267 g/mol. The van der Waals surface area contributed by atoms with E-state index >= 15 is 0 Å². The molecule has 0 radical (unpaired) electrons. The Hall–Kier alpha value is -0.830. The second kappa shape index (κ2) is 11.0. The zero-order valence-corrected chi connectivity index (χ0v) is 13.8. The van der Waals surface area contributed by atoms with E-state index in [-0.39, 0.29) is 0 Å². The van der Waals surface area contributed by atoms with Crippen LogP contribution >= 0.6 is 0 Å². The fourth-order valence-corrected chi connectivity index (χ4v) is 2.32. The zero-order valence-electron chi connectivity index (χ0n) is 13.8. The predicted octanol–water partition coefficient (Wildman–Crippen LogP) is 3.98. The minimum absolute atomic E-state index is 0.826. The van der Waals surface area contributed by atoms with Gasteiger partial charge in [0.1, 0.15) is 0 Å². The Kier molecular flexibility index (Phi) is 10.6. The van der Waals surface area contributed by atoms with Crippen LogP contribution in [-0.4, -0.2) is 34.3 Å². The van der Waals surface area contributed by atoms with Gasteiger partial charge < -0.3 is 4.90 Å². The highest BCUT2D eigenvalue weighted by Gasteiger charge is 2.18. The second-order valence-corrected chi connectivity index (χ2v) is 4.62. The first-order valence-electron chi connectivity index (χ1n) is 7.99. The van der Waals surface area contributed by atoms with Crippen LogP contribution in [0.3, 0.4) is 0 Å². The lowest BCUT2D eigenvalue weighted by Crippen LogP contribution is -2.34. The average Bonchev–Trinajstić information content (AvgIpc) is 2.89. The highest BCUT2D eigenvalue weighted by Crippen LogP contribution is 2.18. The van der Waals surface area contributed by atoms with E-state index in [9.17, 15) is 0 Å². The van der Waals surface area contributed by atoms with Crippen LogP contribution in [0.5, 0.6) is 0 Å². The van der Waals surface area contributed by atoms with Crippen LogP contribution in [-0.2, 0) is 6.54 Å². The minimum Gasteiger partial charge on any atom is -0.304 e. The fraction of sp³-hybridized carbons (Fsp3) is 0.812. The summed E-state index contributed by atoms with van der Waals surface area (Å²) in [6.45, 7) is 17.2. The van der Waals surface area contributed by atoms with Gasteiger partial charge in [0, 0.05) is 12.7 Å². The molecule has 0 N–H and O–H groups in total. The Bertz CT molecular complexity index is 299. The van der Waals surface area contributed by atoms with E-state index in [0.717, 1.165) is 12.5 Å². The Balaban J connectivity index is 0.000000741. The molecule has 0 atom stereocenters. The molecule has 2 rings (SSSR count). The summed E-state index contributed by atoms with van der Waals surface area (Å²) in [5, 5.41) is 4.35. The normalized spacial score (nSPS) is 16.1. The summed E-state index contributed by atoms with van der Waals surface area (Å²) in [5.41, 5.74) is 1.26. The smallest absolute Gasteiger partial charge is 0.0518 e. The van der Waals surface area contributed by atoms with Gasteiger partial charge in [0.15, 0.2) is 0 Å². The van der Waals surface area contributed by atoms with Gasteiger partial charge in [-0.25, -0.2) is 0 Å². The molecule has 0 saturated carbocycles. The van der Waals surface area contributed by atoms with Gasteiger partial charge in [0.05, 0.1) is 6.20 Å². The van der Waals surface area contributed by atoms with Gasteiger partial charge in [-0.3, -0.25) is 4.68 Å². The predicted molar refractivity (Wildman–Crippen MR) is 84.5 cm³/mol. The van der Waals surface area contributed by atoms with Crippen molar-refractivity contribution in [1.29, 1.82) is 0 Å². The van der Waals surface area contributed by atoms with E-state index < -0.39 is 0 Å². The molecule has 0 amide bonds. The van der Waals surface area contributed by atoms with Crippen LogP contribution in [0.4, 0.5) is 0 Å². The van der Waals surface area contributed by atoms with Crippen molar-refractivity contribution >= 4 is 0 Å². The standard InChI is InChI=1S/C12H21N3.2C2H6/c1-3-14-6-4-12(5-7-14)10-15-9-11(2)8-13-15;2*1-2/h8-9,12H,3-7,10H2,1-2H3;2*1-2H3. The summed E-state index contributed by atoms with van der Waals surface area (Å²) in [7, 11) is 0. The van der Waals surface area contributed by atoms with Gasteiger partial charge in [-0.15, -0.1) is 0 Å². The molecule has 0 spiro atoms. The molecule has 1 fully saturated rings. The zero-order chi connectivity index (χ0) is 14.7. The summed E-state index contributed by atoms with van der Waals surface area (Å²) in [5.74, 6) is 0.826. The summed E-state index contributed by atoms with van der Waals surface area (Å²) in [6, 6.07) is 0. The van der Waals surface area contributed by atoms with Crippen molar-refractivity contribution in [3.8, 4) is 0 Å². The van der Waals surface area contributed by atoms with E-state index in [1.54, 1.807) is 0 Å².